The van der Waals surface area contributed by atoms with Gasteiger partial charge in [0, 0.05) is 6.08 Å². The van der Waals surface area contributed by atoms with Crippen LogP contribution in [-0.4, -0.2) is 12.1 Å². The Morgan fingerprint density at radius 1 is 1.17 bits per heavy atom. The van der Waals surface area contributed by atoms with E-state index in [-0.39, 0.29) is 11.7 Å². The Morgan fingerprint density at radius 3 is 2.57 bits per heavy atom. The van der Waals surface area contributed by atoms with Crippen LogP contribution in [-0.2, 0) is 4.74 Å². The van der Waals surface area contributed by atoms with Crippen molar-refractivity contribution < 1.29 is 18.3 Å². The van der Waals surface area contributed by atoms with Gasteiger partial charge in [0.2, 0.25) is 0 Å². The van der Waals surface area contributed by atoms with Gasteiger partial charge in [0.1, 0.15) is 6.10 Å². The molecule has 0 spiro atoms. The predicted octanol–water partition coefficient (Wildman–Crippen LogP) is 4.32. The zero-order valence-corrected chi connectivity index (χ0v) is 12.5. The molecule has 1 aliphatic rings. The van der Waals surface area contributed by atoms with Crippen molar-refractivity contribution in [3.63, 3.8) is 0 Å². The second-order valence-corrected chi connectivity index (χ2v) is 5.44. The number of hydrogen-bond donors (Lipinski definition) is 0. The minimum Gasteiger partial charge on any atom is -0.459 e. The van der Waals surface area contributed by atoms with E-state index in [4.69, 9.17) is 10.00 Å². The highest BCUT2D eigenvalue weighted by Crippen LogP contribution is 2.28. The molecule has 0 heterocycles. The van der Waals surface area contributed by atoms with Gasteiger partial charge in [0.05, 0.1) is 11.6 Å². The van der Waals surface area contributed by atoms with E-state index in [0.717, 1.165) is 37.8 Å². The van der Waals surface area contributed by atoms with Crippen molar-refractivity contribution in [2.75, 3.05) is 0 Å². The molecule has 0 atom stereocenters. The summed E-state index contributed by atoms with van der Waals surface area (Å²) in [5.74, 6) is -2.27. The number of esters is 1. The molecule has 0 unspecified atom stereocenters. The van der Waals surface area contributed by atoms with Gasteiger partial charge in [-0.15, -0.1) is 0 Å². The maximum absolute atomic E-state index is 13.1. The maximum atomic E-state index is 13.1. The number of halogens is 2. The first-order chi connectivity index (χ1) is 11.1. The number of carbonyl (C=O) groups excluding carboxylic acids is 1. The van der Waals surface area contributed by atoms with Crippen molar-refractivity contribution in [1.29, 1.82) is 5.26 Å². The molecule has 5 heteroatoms. The van der Waals surface area contributed by atoms with E-state index in [0.29, 0.717) is 5.92 Å². The maximum Gasteiger partial charge on any atom is 0.338 e. The lowest BCUT2D eigenvalue weighted by Crippen LogP contribution is -2.24. The number of allylic oxidation sites excluding steroid dienone is 4. The fourth-order valence-corrected chi connectivity index (χ4v) is 2.56. The molecule has 1 aliphatic carbocycles. The predicted molar refractivity (Wildman–Crippen MR) is 81.4 cm³/mol. The van der Waals surface area contributed by atoms with Crippen LogP contribution in [0, 0.1) is 28.9 Å². The van der Waals surface area contributed by atoms with Gasteiger partial charge < -0.3 is 4.74 Å². The van der Waals surface area contributed by atoms with E-state index < -0.39 is 17.6 Å². The Morgan fingerprint density at radius 2 is 1.91 bits per heavy atom. The van der Waals surface area contributed by atoms with Gasteiger partial charge in [-0.25, -0.2) is 13.6 Å². The molecule has 1 aromatic carbocycles. The second-order valence-electron chi connectivity index (χ2n) is 5.44. The molecule has 1 aromatic rings. The first kappa shape index (κ1) is 16.9. The molecule has 0 aliphatic heterocycles. The number of hydrogen-bond acceptors (Lipinski definition) is 3. The van der Waals surface area contributed by atoms with Crippen molar-refractivity contribution in [1.82, 2.24) is 0 Å². The van der Waals surface area contributed by atoms with Gasteiger partial charge in [0.15, 0.2) is 11.6 Å². The van der Waals surface area contributed by atoms with Crippen LogP contribution in [0.2, 0.25) is 0 Å². The lowest BCUT2D eigenvalue weighted by molar-refractivity contribution is 0.0184. The van der Waals surface area contributed by atoms with Gasteiger partial charge in [0.25, 0.3) is 0 Å². The average Bonchev–Trinajstić information content (AvgIpc) is 2.55. The van der Waals surface area contributed by atoms with E-state index in [2.05, 4.69) is 0 Å². The molecule has 0 saturated heterocycles. The van der Waals surface area contributed by atoms with Crippen LogP contribution >= 0.6 is 0 Å². The standard InChI is InChI=1S/C18H17F2NO2/c19-16-10-7-14(12-17(16)20)18(22)23-15-8-5-13(6-9-15)4-2-1-3-11-21/h1-4,7,10,12-13,15H,5-6,8-9H2/b3-1+,4-2+/t13-,15-. The second kappa shape index (κ2) is 8.23. The largest absolute Gasteiger partial charge is 0.459 e. The van der Waals surface area contributed by atoms with Gasteiger partial charge >= 0.3 is 5.97 Å². The lowest BCUT2D eigenvalue weighted by Gasteiger charge is -2.26. The number of nitrogens with zero attached hydrogens (tertiary/aromatic N) is 1. The van der Waals surface area contributed by atoms with Gasteiger partial charge in [-0.2, -0.15) is 5.26 Å². The Kier molecular flexibility index (Phi) is 6.04. The number of ether oxygens (including phenoxy) is 1. The van der Waals surface area contributed by atoms with Crippen molar-refractivity contribution in [2.24, 2.45) is 5.92 Å². The summed E-state index contributed by atoms with van der Waals surface area (Å²) in [5, 5.41) is 8.38. The molecule has 1 fully saturated rings. The van der Waals surface area contributed by atoms with Crippen molar-refractivity contribution in [3.8, 4) is 6.07 Å². The molecule has 23 heavy (non-hydrogen) atoms. The van der Waals surface area contributed by atoms with Gasteiger partial charge in [-0.05, 0) is 49.8 Å². The topological polar surface area (TPSA) is 50.1 Å². The molecule has 1 saturated carbocycles. The quantitative estimate of drug-likeness (QED) is 0.472. The van der Waals surface area contributed by atoms with Gasteiger partial charge in [-0.1, -0.05) is 18.2 Å². The summed E-state index contributed by atoms with van der Waals surface area (Å²) in [5.41, 5.74) is 0.0209. The molecular weight excluding hydrogens is 300 g/mol. The van der Waals surface area contributed by atoms with Crippen molar-refractivity contribution in [3.05, 3.63) is 59.7 Å². The van der Waals surface area contributed by atoms with Crippen molar-refractivity contribution >= 4 is 5.97 Å². The molecule has 0 amide bonds. The molecule has 0 N–H and O–H groups in total. The Bertz CT molecular complexity index is 653. The lowest BCUT2D eigenvalue weighted by atomic mass is 9.87. The van der Waals surface area contributed by atoms with Crippen molar-refractivity contribution in [2.45, 2.75) is 31.8 Å². The van der Waals surface area contributed by atoms with Crippen LogP contribution in [0.5, 0.6) is 0 Å². The molecule has 0 bridgehead atoms. The summed E-state index contributed by atoms with van der Waals surface area (Å²) < 4.78 is 31.3. The van der Waals surface area contributed by atoms with E-state index >= 15 is 0 Å². The smallest absolute Gasteiger partial charge is 0.338 e. The highest BCUT2D eigenvalue weighted by molar-refractivity contribution is 5.89. The average molecular weight is 317 g/mol. The summed E-state index contributed by atoms with van der Waals surface area (Å²) in [4.78, 5) is 11.9. The van der Waals surface area contributed by atoms with E-state index in [1.807, 2.05) is 18.2 Å². The third-order valence-corrected chi connectivity index (χ3v) is 3.81. The summed E-state index contributed by atoms with van der Waals surface area (Å²) in [6, 6.07) is 4.91. The number of benzene rings is 1. The third kappa shape index (κ3) is 5.03. The highest BCUT2D eigenvalue weighted by atomic mass is 19.2. The summed E-state index contributed by atoms with van der Waals surface area (Å²) in [7, 11) is 0. The fraction of sp³-hybridized carbons (Fsp3) is 0.333. The Hall–Kier alpha value is -2.48. The summed E-state index contributed by atoms with van der Waals surface area (Å²) >= 11 is 0. The van der Waals surface area contributed by atoms with E-state index in [9.17, 15) is 13.6 Å². The first-order valence-electron chi connectivity index (χ1n) is 7.49. The van der Waals surface area contributed by atoms with Crippen LogP contribution < -0.4 is 0 Å². The minimum absolute atomic E-state index is 0.0209. The molecular formula is C18H17F2NO2. The molecule has 3 nitrogen and oxygen atoms in total. The normalized spacial score (nSPS) is 21.4. The summed E-state index contributed by atoms with van der Waals surface area (Å²) in [6.07, 6.45) is 10.0. The zero-order chi connectivity index (χ0) is 16.7. The Balaban J connectivity index is 1.83. The number of nitriles is 1. The minimum atomic E-state index is -1.06. The molecule has 0 aromatic heterocycles. The fourth-order valence-electron chi connectivity index (χ4n) is 2.56. The first-order valence-corrected chi connectivity index (χ1v) is 7.49. The molecule has 120 valence electrons. The van der Waals surface area contributed by atoms with Crippen LogP contribution in [0.3, 0.4) is 0 Å². The van der Waals surface area contributed by atoms with Crippen LogP contribution in [0.4, 0.5) is 8.78 Å². The third-order valence-electron chi connectivity index (χ3n) is 3.81. The van der Waals surface area contributed by atoms with Gasteiger partial charge in [-0.3, -0.25) is 0 Å². The highest BCUT2D eigenvalue weighted by Gasteiger charge is 2.23. The molecule has 2 rings (SSSR count). The number of rotatable bonds is 4. The van der Waals surface area contributed by atoms with E-state index in [1.54, 1.807) is 6.08 Å². The van der Waals surface area contributed by atoms with E-state index in [1.165, 1.54) is 12.1 Å². The number of carbonyl (C=O) groups is 1. The van der Waals surface area contributed by atoms with Crippen LogP contribution in [0.15, 0.2) is 42.5 Å². The SMILES string of the molecule is N#C/C=C/C=C/[C@H]1CC[C@H](OC(=O)c2ccc(F)c(F)c2)CC1. The van der Waals surface area contributed by atoms with Crippen LogP contribution in [0.1, 0.15) is 36.0 Å². The van der Waals surface area contributed by atoms with Crippen LogP contribution in [0.25, 0.3) is 0 Å². The summed E-state index contributed by atoms with van der Waals surface area (Å²) in [6.45, 7) is 0. The molecule has 0 radical (unpaired) electrons. The monoisotopic (exact) mass is 317 g/mol. The zero-order valence-electron chi connectivity index (χ0n) is 12.5. The Labute approximate surface area is 133 Å².